The summed E-state index contributed by atoms with van der Waals surface area (Å²) < 4.78 is 10.3. The SMILES string of the molecule is C[C@@H](CNC(=O)OC(C)(C)C)C(=O)Oc1ccccc1. The van der Waals surface area contributed by atoms with Gasteiger partial charge in [0.2, 0.25) is 0 Å². The molecule has 1 atom stereocenters. The number of hydrogen-bond donors (Lipinski definition) is 1. The maximum absolute atomic E-state index is 11.8. The molecule has 1 amide bonds. The fourth-order valence-electron chi connectivity index (χ4n) is 1.34. The molecule has 0 unspecified atom stereocenters. The Morgan fingerprint density at radius 1 is 1.20 bits per heavy atom. The monoisotopic (exact) mass is 279 g/mol. The summed E-state index contributed by atoms with van der Waals surface area (Å²) in [4.78, 5) is 23.3. The summed E-state index contributed by atoms with van der Waals surface area (Å²) in [6.07, 6.45) is -0.545. The molecule has 0 saturated heterocycles. The smallest absolute Gasteiger partial charge is 0.407 e. The van der Waals surface area contributed by atoms with Crippen LogP contribution in [-0.4, -0.2) is 24.2 Å². The van der Waals surface area contributed by atoms with Gasteiger partial charge in [0.25, 0.3) is 0 Å². The van der Waals surface area contributed by atoms with Gasteiger partial charge in [0, 0.05) is 6.54 Å². The zero-order valence-corrected chi connectivity index (χ0v) is 12.3. The lowest BCUT2D eigenvalue weighted by Gasteiger charge is -2.20. The van der Waals surface area contributed by atoms with Crippen molar-refractivity contribution >= 4 is 12.1 Å². The van der Waals surface area contributed by atoms with Crippen LogP contribution in [0.3, 0.4) is 0 Å². The molecule has 110 valence electrons. The molecule has 0 saturated carbocycles. The van der Waals surface area contributed by atoms with E-state index < -0.39 is 23.6 Å². The van der Waals surface area contributed by atoms with E-state index in [0.29, 0.717) is 5.75 Å². The molecule has 5 heteroatoms. The van der Waals surface area contributed by atoms with Crippen LogP contribution in [0, 0.1) is 5.92 Å². The van der Waals surface area contributed by atoms with Gasteiger partial charge < -0.3 is 14.8 Å². The third-order valence-electron chi connectivity index (χ3n) is 2.32. The molecule has 0 fully saturated rings. The van der Waals surface area contributed by atoms with Crippen LogP contribution in [0.5, 0.6) is 5.75 Å². The molecule has 20 heavy (non-hydrogen) atoms. The highest BCUT2D eigenvalue weighted by molar-refractivity contribution is 5.76. The Bertz CT molecular complexity index is 451. The third kappa shape index (κ3) is 6.22. The van der Waals surface area contributed by atoms with Crippen LogP contribution in [0.1, 0.15) is 27.7 Å². The summed E-state index contributed by atoms with van der Waals surface area (Å²) >= 11 is 0. The van der Waals surface area contributed by atoms with Crippen molar-refractivity contribution in [1.82, 2.24) is 5.32 Å². The Morgan fingerprint density at radius 2 is 1.80 bits per heavy atom. The van der Waals surface area contributed by atoms with Crippen LogP contribution in [0.4, 0.5) is 4.79 Å². The van der Waals surface area contributed by atoms with Gasteiger partial charge in [0.15, 0.2) is 0 Å². The second kappa shape index (κ2) is 6.93. The van der Waals surface area contributed by atoms with E-state index in [-0.39, 0.29) is 6.54 Å². The summed E-state index contributed by atoms with van der Waals surface area (Å²) in [5.74, 6) is -0.364. The Morgan fingerprint density at radius 3 is 2.35 bits per heavy atom. The molecule has 0 aliphatic carbocycles. The zero-order chi connectivity index (χ0) is 15.2. The minimum Gasteiger partial charge on any atom is -0.444 e. The number of benzene rings is 1. The van der Waals surface area contributed by atoms with Crippen LogP contribution >= 0.6 is 0 Å². The number of esters is 1. The normalized spacial score (nSPS) is 12.4. The molecule has 0 heterocycles. The molecule has 0 aromatic heterocycles. The molecule has 0 radical (unpaired) electrons. The van der Waals surface area contributed by atoms with E-state index in [4.69, 9.17) is 9.47 Å². The predicted molar refractivity (Wildman–Crippen MR) is 75.5 cm³/mol. The van der Waals surface area contributed by atoms with Crippen molar-refractivity contribution in [3.8, 4) is 5.75 Å². The van der Waals surface area contributed by atoms with Crippen LogP contribution in [0.25, 0.3) is 0 Å². The van der Waals surface area contributed by atoms with Crippen molar-refractivity contribution in [2.24, 2.45) is 5.92 Å². The quantitative estimate of drug-likeness (QED) is 0.680. The van der Waals surface area contributed by atoms with E-state index in [9.17, 15) is 9.59 Å². The molecule has 1 aromatic carbocycles. The molecule has 1 rings (SSSR count). The van der Waals surface area contributed by atoms with Crippen molar-refractivity contribution in [3.05, 3.63) is 30.3 Å². The minimum absolute atomic E-state index is 0.167. The van der Waals surface area contributed by atoms with Gasteiger partial charge in [-0.05, 0) is 32.9 Å². The van der Waals surface area contributed by atoms with E-state index in [1.54, 1.807) is 52.0 Å². The number of amides is 1. The lowest BCUT2D eigenvalue weighted by Crippen LogP contribution is -2.37. The number of para-hydroxylation sites is 1. The first-order valence-corrected chi connectivity index (χ1v) is 6.51. The largest absolute Gasteiger partial charge is 0.444 e. The molecular weight excluding hydrogens is 258 g/mol. The van der Waals surface area contributed by atoms with E-state index in [1.807, 2.05) is 6.07 Å². The molecule has 0 bridgehead atoms. The van der Waals surface area contributed by atoms with Crippen LogP contribution in [0.2, 0.25) is 0 Å². The fourth-order valence-corrected chi connectivity index (χ4v) is 1.34. The number of nitrogens with one attached hydrogen (secondary N) is 1. The molecule has 1 N–H and O–H groups in total. The fraction of sp³-hybridized carbons (Fsp3) is 0.467. The zero-order valence-electron chi connectivity index (χ0n) is 12.3. The van der Waals surface area contributed by atoms with Crippen molar-refractivity contribution in [3.63, 3.8) is 0 Å². The lowest BCUT2D eigenvalue weighted by atomic mass is 10.2. The highest BCUT2D eigenvalue weighted by Crippen LogP contribution is 2.11. The lowest BCUT2D eigenvalue weighted by molar-refractivity contribution is -0.138. The highest BCUT2D eigenvalue weighted by Gasteiger charge is 2.19. The van der Waals surface area contributed by atoms with Crippen molar-refractivity contribution in [2.75, 3.05) is 6.54 Å². The van der Waals surface area contributed by atoms with Gasteiger partial charge >= 0.3 is 12.1 Å². The third-order valence-corrected chi connectivity index (χ3v) is 2.32. The molecule has 0 aliphatic heterocycles. The number of hydrogen-bond acceptors (Lipinski definition) is 4. The number of carbonyl (C=O) groups excluding carboxylic acids is 2. The number of rotatable bonds is 4. The average molecular weight is 279 g/mol. The average Bonchev–Trinajstić information content (AvgIpc) is 2.35. The van der Waals surface area contributed by atoms with Crippen LogP contribution in [-0.2, 0) is 9.53 Å². The topological polar surface area (TPSA) is 64.6 Å². The summed E-state index contributed by atoms with van der Waals surface area (Å²) in [5, 5.41) is 2.54. The van der Waals surface area contributed by atoms with Crippen LogP contribution in [0.15, 0.2) is 30.3 Å². The number of carbonyl (C=O) groups is 2. The first-order valence-electron chi connectivity index (χ1n) is 6.51. The molecule has 1 aromatic rings. The van der Waals surface area contributed by atoms with Crippen molar-refractivity contribution in [1.29, 1.82) is 0 Å². The van der Waals surface area contributed by atoms with E-state index in [1.165, 1.54) is 0 Å². The maximum Gasteiger partial charge on any atom is 0.407 e. The Kier molecular flexibility index (Phi) is 5.55. The van der Waals surface area contributed by atoms with Gasteiger partial charge in [-0.3, -0.25) is 4.79 Å². The molecular formula is C15H21NO4. The predicted octanol–water partition coefficient (Wildman–Crippen LogP) is 2.75. The Balaban J connectivity index is 2.37. The standard InChI is InChI=1S/C15H21NO4/c1-11(10-16-14(18)20-15(2,3)4)13(17)19-12-8-6-5-7-9-12/h5-9,11H,10H2,1-4H3,(H,16,18)/t11-/m0/s1. The second-order valence-corrected chi connectivity index (χ2v) is 5.52. The van der Waals surface area contributed by atoms with E-state index in [2.05, 4.69) is 5.32 Å². The van der Waals surface area contributed by atoms with Gasteiger partial charge in [-0.1, -0.05) is 25.1 Å². The second-order valence-electron chi connectivity index (χ2n) is 5.52. The first-order chi connectivity index (χ1) is 9.28. The number of ether oxygens (including phenoxy) is 2. The summed E-state index contributed by atoms with van der Waals surface area (Å²) in [7, 11) is 0. The van der Waals surface area contributed by atoms with E-state index >= 15 is 0 Å². The summed E-state index contributed by atoms with van der Waals surface area (Å²) in [5.41, 5.74) is -0.558. The van der Waals surface area contributed by atoms with Crippen molar-refractivity contribution in [2.45, 2.75) is 33.3 Å². The highest BCUT2D eigenvalue weighted by atomic mass is 16.6. The summed E-state index contributed by atoms with van der Waals surface area (Å²) in [6, 6.07) is 8.81. The van der Waals surface area contributed by atoms with Gasteiger partial charge in [-0.25, -0.2) is 4.79 Å². The molecule has 0 spiro atoms. The molecule has 5 nitrogen and oxygen atoms in total. The van der Waals surface area contributed by atoms with Gasteiger partial charge in [0.1, 0.15) is 11.4 Å². The minimum atomic E-state index is -0.558. The van der Waals surface area contributed by atoms with E-state index in [0.717, 1.165) is 0 Å². The van der Waals surface area contributed by atoms with Crippen LogP contribution < -0.4 is 10.1 Å². The maximum atomic E-state index is 11.8. The summed E-state index contributed by atoms with van der Waals surface area (Å²) in [6.45, 7) is 7.18. The van der Waals surface area contributed by atoms with Crippen molar-refractivity contribution < 1.29 is 19.1 Å². The van der Waals surface area contributed by atoms with Gasteiger partial charge in [-0.15, -0.1) is 0 Å². The van der Waals surface area contributed by atoms with Gasteiger partial charge in [-0.2, -0.15) is 0 Å². The first kappa shape index (κ1) is 16.0. The molecule has 0 aliphatic rings. The van der Waals surface area contributed by atoms with Gasteiger partial charge in [0.05, 0.1) is 5.92 Å². The Hall–Kier alpha value is -2.04. The number of alkyl carbamates (subject to hydrolysis) is 1. The Labute approximate surface area is 119 Å².